The molecule has 0 aliphatic rings. The highest BCUT2D eigenvalue weighted by molar-refractivity contribution is 6.33. The molecule has 0 unspecified atom stereocenters. The van der Waals surface area contributed by atoms with Crippen molar-refractivity contribution >= 4 is 34.7 Å². The molecule has 8 heteroatoms. The third-order valence-corrected chi connectivity index (χ3v) is 3.62. The van der Waals surface area contributed by atoms with Gasteiger partial charge in [-0.1, -0.05) is 17.7 Å². The molecule has 2 aromatic heterocycles. The summed E-state index contributed by atoms with van der Waals surface area (Å²) in [6, 6.07) is 10.4. The summed E-state index contributed by atoms with van der Waals surface area (Å²) in [7, 11) is 1.54. The minimum Gasteiger partial charge on any atom is -0.497 e. The number of methoxy groups -OCH3 is 1. The molecule has 7 nitrogen and oxygen atoms in total. The Morgan fingerprint density at radius 1 is 1.33 bits per heavy atom. The maximum absolute atomic E-state index is 11.1. The average Bonchev–Trinajstić information content (AvgIpc) is 2.90. The van der Waals surface area contributed by atoms with E-state index in [4.69, 9.17) is 21.4 Å². The number of benzene rings is 1. The topological polar surface area (TPSA) is 88.5 Å². The summed E-state index contributed by atoms with van der Waals surface area (Å²) >= 11 is 6.11. The molecule has 0 fully saturated rings. The van der Waals surface area contributed by atoms with E-state index >= 15 is 0 Å². The predicted octanol–water partition coefficient (Wildman–Crippen LogP) is 4.04. The molecule has 0 amide bonds. The summed E-state index contributed by atoms with van der Waals surface area (Å²) < 4.78 is 6.81. The van der Waals surface area contributed by atoms with Gasteiger partial charge in [0.1, 0.15) is 17.1 Å². The minimum absolute atomic E-state index is 0.248. The molecule has 0 spiro atoms. The Morgan fingerprint density at radius 3 is 2.92 bits per heavy atom. The van der Waals surface area contributed by atoms with E-state index in [9.17, 15) is 4.79 Å². The molecule has 0 bridgehead atoms. The van der Waals surface area contributed by atoms with Crippen molar-refractivity contribution in [1.29, 1.82) is 0 Å². The fraction of sp³-hybridized carbons (Fsp3) is 0.125. The first-order valence-corrected chi connectivity index (χ1v) is 7.39. The van der Waals surface area contributed by atoms with E-state index < -0.39 is 5.97 Å². The second kappa shape index (κ2) is 6.67. The third kappa shape index (κ3) is 3.21. The number of carbonyl (C=O) groups is 1. The van der Waals surface area contributed by atoms with Gasteiger partial charge in [0.2, 0.25) is 0 Å². The molecule has 1 aromatic carbocycles. The van der Waals surface area contributed by atoms with Gasteiger partial charge < -0.3 is 9.84 Å². The molecule has 0 aliphatic heterocycles. The van der Waals surface area contributed by atoms with Gasteiger partial charge in [-0.3, -0.25) is 9.20 Å². The van der Waals surface area contributed by atoms with E-state index in [1.165, 1.54) is 0 Å². The van der Waals surface area contributed by atoms with Crippen molar-refractivity contribution in [3.63, 3.8) is 0 Å². The highest BCUT2D eigenvalue weighted by Gasteiger charge is 2.14. The number of halogens is 1. The van der Waals surface area contributed by atoms with Gasteiger partial charge in [0.25, 0.3) is 0 Å². The Bertz CT molecular complexity index is 936. The molecule has 0 atom stereocenters. The van der Waals surface area contributed by atoms with Crippen molar-refractivity contribution in [1.82, 2.24) is 9.38 Å². The van der Waals surface area contributed by atoms with Crippen molar-refractivity contribution < 1.29 is 14.6 Å². The number of azo groups is 1. The monoisotopic (exact) mass is 344 g/mol. The van der Waals surface area contributed by atoms with Crippen molar-refractivity contribution in [3.8, 4) is 5.75 Å². The first kappa shape index (κ1) is 15.9. The maximum atomic E-state index is 11.1. The molecule has 0 saturated heterocycles. The number of aliphatic carboxylic acids is 1. The molecule has 122 valence electrons. The fourth-order valence-corrected chi connectivity index (χ4v) is 2.35. The standard InChI is InChI=1S/C16H13ClN4O3/c1-24-10-5-6-11(17)12(8-10)19-20-16-13(9-15(22)23)18-14-4-2-3-7-21(14)16/h2-8H,9H2,1H3,(H,22,23). The molecule has 2 heterocycles. The highest BCUT2D eigenvalue weighted by Crippen LogP contribution is 2.31. The lowest BCUT2D eigenvalue weighted by Gasteiger charge is -2.02. The Balaban J connectivity index is 2.07. The minimum atomic E-state index is -0.991. The number of rotatable bonds is 5. The van der Waals surface area contributed by atoms with Gasteiger partial charge in [-0.2, -0.15) is 0 Å². The number of hydrogen-bond donors (Lipinski definition) is 1. The van der Waals surface area contributed by atoms with Crippen molar-refractivity contribution in [2.75, 3.05) is 7.11 Å². The average molecular weight is 345 g/mol. The third-order valence-electron chi connectivity index (χ3n) is 3.30. The van der Waals surface area contributed by atoms with Gasteiger partial charge in [-0.15, -0.1) is 10.2 Å². The van der Waals surface area contributed by atoms with Crippen LogP contribution in [0.25, 0.3) is 5.65 Å². The zero-order valence-electron chi connectivity index (χ0n) is 12.7. The van der Waals surface area contributed by atoms with Crippen molar-refractivity contribution in [2.24, 2.45) is 10.2 Å². The first-order valence-electron chi connectivity index (χ1n) is 7.01. The van der Waals surface area contributed by atoms with Crippen LogP contribution in [0.4, 0.5) is 11.5 Å². The van der Waals surface area contributed by atoms with Crippen LogP contribution in [0.1, 0.15) is 5.69 Å². The maximum Gasteiger partial charge on any atom is 0.309 e. The number of ether oxygens (including phenoxy) is 1. The Labute approximate surface area is 142 Å². The summed E-state index contributed by atoms with van der Waals surface area (Å²) in [4.78, 5) is 15.3. The SMILES string of the molecule is COc1ccc(Cl)c(N=Nc2c(CC(=O)O)nc3ccccn23)c1. The number of carboxylic acids is 1. The van der Waals surface area contributed by atoms with Crippen LogP contribution in [0.3, 0.4) is 0 Å². The van der Waals surface area contributed by atoms with E-state index in [-0.39, 0.29) is 6.42 Å². The van der Waals surface area contributed by atoms with E-state index in [2.05, 4.69) is 15.2 Å². The van der Waals surface area contributed by atoms with E-state index in [1.807, 2.05) is 6.07 Å². The van der Waals surface area contributed by atoms with Crippen LogP contribution >= 0.6 is 11.6 Å². The first-order chi connectivity index (χ1) is 11.6. The molecule has 1 N–H and O–H groups in total. The number of fused-ring (bicyclic) bond motifs is 1. The number of carboxylic acid groups (broad SMARTS) is 1. The largest absolute Gasteiger partial charge is 0.497 e. The smallest absolute Gasteiger partial charge is 0.309 e. The predicted molar refractivity (Wildman–Crippen MR) is 88.7 cm³/mol. The second-order valence-electron chi connectivity index (χ2n) is 4.90. The van der Waals surface area contributed by atoms with Gasteiger partial charge in [0.15, 0.2) is 5.82 Å². The van der Waals surface area contributed by atoms with Crippen LogP contribution in [0.2, 0.25) is 5.02 Å². The van der Waals surface area contributed by atoms with Gasteiger partial charge >= 0.3 is 5.97 Å². The quantitative estimate of drug-likeness (QED) is 0.707. The van der Waals surface area contributed by atoms with Crippen LogP contribution in [-0.4, -0.2) is 27.6 Å². The van der Waals surface area contributed by atoms with E-state index in [0.717, 1.165) is 0 Å². The van der Waals surface area contributed by atoms with E-state index in [1.54, 1.807) is 48.0 Å². The second-order valence-corrected chi connectivity index (χ2v) is 5.31. The van der Waals surface area contributed by atoms with Crippen LogP contribution in [0.15, 0.2) is 52.8 Å². The van der Waals surface area contributed by atoms with Gasteiger partial charge in [0, 0.05) is 12.3 Å². The molecular weight excluding hydrogens is 332 g/mol. The molecular formula is C16H13ClN4O3. The van der Waals surface area contributed by atoms with Gasteiger partial charge in [-0.05, 0) is 24.3 Å². The molecule has 0 saturated carbocycles. The fourth-order valence-electron chi connectivity index (χ4n) is 2.20. The van der Waals surface area contributed by atoms with Gasteiger partial charge in [-0.25, -0.2) is 4.98 Å². The lowest BCUT2D eigenvalue weighted by molar-refractivity contribution is -0.136. The number of aromatic nitrogens is 2. The number of hydrogen-bond acceptors (Lipinski definition) is 5. The van der Waals surface area contributed by atoms with Crippen molar-refractivity contribution in [2.45, 2.75) is 6.42 Å². The Morgan fingerprint density at radius 2 is 2.17 bits per heavy atom. The lowest BCUT2D eigenvalue weighted by atomic mass is 10.3. The zero-order chi connectivity index (χ0) is 17.1. The Hall–Kier alpha value is -2.93. The summed E-state index contributed by atoms with van der Waals surface area (Å²) in [5.74, 6) is -0.0431. The highest BCUT2D eigenvalue weighted by atomic mass is 35.5. The van der Waals surface area contributed by atoms with E-state index in [0.29, 0.717) is 33.6 Å². The van der Waals surface area contributed by atoms with Crippen molar-refractivity contribution in [3.05, 3.63) is 53.3 Å². The number of pyridine rings is 1. The van der Waals surface area contributed by atoms with Crippen LogP contribution in [0.5, 0.6) is 5.75 Å². The molecule has 3 aromatic rings. The molecule has 3 rings (SSSR count). The van der Waals surface area contributed by atoms with Crippen LogP contribution < -0.4 is 4.74 Å². The Kier molecular flexibility index (Phi) is 4.43. The normalized spacial score (nSPS) is 11.2. The molecule has 0 aliphatic carbocycles. The lowest BCUT2D eigenvalue weighted by Crippen LogP contribution is -2.00. The summed E-state index contributed by atoms with van der Waals surface area (Å²) in [6.45, 7) is 0. The molecule has 24 heavy (non-hydrogen) atoms. The molecule has 0 radical (unpaired) electrons. The van der Waals surface area contributed by atoms with Gasteiger partial charge in [0.05, 0.1) is 24.2 Å². The zero-order valence-corrected chi connectivity index (χ0v) is 13.4. The summed E-state index contributed by atoms with van der Waals surface area (Å²) in [6.07, 6.45) is 1.50. The summed E-state index contributed by atoms with van der Waals surface area (Å²) in [5, 5.41) is 17.8. The summed E-state index contributed by atoms with van der Waals surface area (Å²) in [5.41, 5.74) is 1.35. The van der Waals surface area contributed by atoms with Crippen LogP contribution in [-0.2, 0) is 11.2 Å². The van der Waals surface area contributed by atoms with Crippen LogP contribution in [0, 0.1) is 0 Å². The number of nitrogens with zero attached hydrogens (tertiary/aromatic N) is 4. The number of imidazole rings is 1.